The summed E-state index contributed by atoms with van der Waals surface area (Å²) in [4.78, 5) is 6.84. The van der Waals surface area contributed by atoms with Crippen LogP contribution in [0.25, 0.3) is 0 Å². The number of nitrogens with zero attached hydrogens (tertiary/aromatic N) is 2. The van der Waals surface area contributed by atoms with Gasteiger partial charge in [0.2, 0.25) is 0 Å². The maximum absolute atomic E-state index is 9.34. The van der Waals surface area contributed by atoms with Gasteiger partial charge in [-0.1, -0.05) is 6.07 Å². The third-order valence-corrected chi connectivity index (χ3v) is 3.10. The minimum atomic E-state index is -0.230. The number of rotatable bonds is 4. The van der Waals surface area contributed by atoms with Gasteiger partial charge in [0.05, 0.1) is 6.10 Å². The minimum absolute atomic E-state index is 0.230. The second-order valence-electron chi connectivity index (χ2n) is 4.57. The Labute approximate surface area is 97.1 Å². The molecule has 1 saturated heterocycles. The molecule has 88 valence electrons. The van der Waals surface area contributed by atoms with E-state index >= 15 is 0 Å². The first-order valence-corrected chi connectivity index (χ1v) is 6.14. The number of aryl methyl sites for hydroxylation is 1. The lowest BCUT2D eigenvalue weighted by Crippen LogP contribution is -2.20. The van der Waals surface area contributed by atoms with Crippen LogP contribution in [0.4, 0.5) is 5.82 Å². The lowest BCUT2D eigenvalue weighted by atomic mass is 10.1. The van der Waals surface area contributed by atoms with Gasteiger partial charge in [0, 0.05) is 19.3 Å². The van der Waals surface area contributed by atoms with Crippen LogP contribution in [0, 0.1) is 0 Å². The van der Waals surface area contributed by atoms with E-state index in [4.69, 9.17) is 0 Å². The highest BCUT2D eigenvalue weighted by atomic mass is 16.3. The van der Waals surface area contributed by atoms with Crippen LogP contribution in [0.5, 0.6) is 0 Å². The molecule has 0 saturated carbocycles. The van der Waals surface area contributed by atoms with Gasteiger partial charge in [-0.15, -0.1) is 0 Å². The summed E-state index contributed by atoms with van der Waals surface area (Å²) >= 11 is 0. The molecule has 0 aliphatic carbocycles. The van der Waals surface area contributed by atoms with Crippen LogP contribution >= 0.6 is 0 Å². The maximum atomic E-state index is 9.34. The molecule has 2 heterocycles. The highest BCUT2D eigenvalue weighted by Gasteiger charge is 2.16. The predicted octanol–water partition coefficient (Wildman–Crippen LogP) is 2.00. The zero-order chi connectivity index (χ0) is 11.4. The standard InChI is InChI=1S/C13H20N2O/c1-11(16)6-7-12-5-4-8-14-13(12)15-9-2-3-10-15/h4-5,8,11,16H,2-3,6-7,9-10H2,1H3/t11-/m1/s1. The van der Waals surface area contributed by atoms with Crippen LogP contribution in [0.1, 0.15) is 31.7 Å². The molecule has 1 atom stereocenters. The predicted molar refractivity (Wildman–Crippen MR) is 65.7 cm³/mol. The number of hydrogen-bond donors (Lipinski definition) is 1. The highest BCUT2D eigenvalue weighted by molar-refractivity contribution is 5.47. The summed E-state index contributed by atoms with van der Waals surface area (Å²) in [6.45, 7) is 4.09. The number of anilines is 1. The van der Waals surface area contributed by atoms with Crippen molar-refractivity contribution in [3.8, 4) is 0 Å². The average Bonchev–Trinajstić information content (AvgIpc) is 2.80. The lowest BCUT2D eigenvalue weighted by molar-refractivity contribution is 0.185. The summed E-state index contributed by atoms with van der Waals surface area (Å²) < 4.78 is 0. The molecule has 0 unspecified atom stereocenters. The molecule has 1 aromatic heterocycles. The van der Waals surface area contributed by atoms with Gasteiger partial charge < -0.3 is 10.0 Å². The molecule has 0 bridgehead atoms. The molecule has 3 nitrogen and oxygen atoms in total. The van der Waals surface area contributed by atoms with E-state index in [0.29, 0.717) is 0 Å². The molecule has 0 amide bonds. The number of aromatic nitrogens is 1. The van der Waals surface area contributed by atoms with Crippen LogP contribution < -0.4 is 4.90 Å². The maximum Gasteiger partial charge on any atom is 0.131 e. The molecule has 1 aliphatic heterocycles. The zero-order valence-corrected chi connectivity index (χ0v) is 9.89. The third kappa shape index (κ3) is 2.73. The van der Waals surface area contributed by atoms with Gasteiger partial charge in [-0.25, -0.2) is 4.98 Å². The fraction of sp³-hybridized carbons (Fsp3) is 0.615. The van der Waals surface area contributed by atoms with Gasteiger partial charge in [-0.2, -0.15) is 0 Å². The zero-order valence-electron chi connectivity index (χ0n) is 9.89. The molecule has 1 N–H and O–H groups in total. The second kappa shape index (κ2) is 5.30. The van der Waals surface area contributed by atoms with Crippen molar-refractivity contribution in [1.82, 2.24) is 4.98 Å². The Hall–Kier alpha value is -1.09. The molecule has 0 radical (unpaired) electrons. The molecule has 1 aromatic rings. The molecule has 0 aromatic carbocycles. The quantitative estimate of drug-likeness (QED) is 0.843. The van der Waals surface area contributed by atoms with Crippen LogP contribution in [-0.4, -0.2) is 29.3 Å². The molecular weight excluding hydrogens is 200 g/mol. The van der Waals surface area contributed by atoms with Crippen molar-refractivity contribution in [2.24, 2.45) is 0 Å². The summed E-state index contributed by atoms with van der Waals surface area (Å²) in [7, 11) is 0. The van der Waals surface area contributed by atoms with Gasteiger partial charge in [-0.3, -0.25) is 0 Å². The van der Waals surface area contributed by atoms with Gasteiger partial charge >= 0.3 is 0 Å². The number of pyridine rings is 1. The molecule has 0 spiro atoms. The van der Waals surface area contributed by atoms with Gasteiger partial charge in [0.25, 0.3) is 0 Å². The first-order chi connectivity index (χ1) is 7.77. The lowest BCUT2D eigenvalue weighted by Gasteiger charge is -2.20. The summed E-state index contributed by atoms with van der Waals surface area (Å²) in [6, 6.07) is 4.11. The highest BCUT2D eigenvalue weighted by Crippen LogP contribution is 2.23. The first-order valence-electron chi connectivity index (χ1n) is 6.14. The Kier molecular flexibility index (Phi) is 3.78. The van der Waals surface area contributed by atoms with Crippen molar-refractivity contribution in [3.63, 3.8) is 0 Å². The number of hydrogen-bond acceptors (Lipinski definition) is 3. The third-order valence-electron chi connectivity index (χ3n) is 3.10. The van der Waals surface area contributed by atoms with E-state index in [-0.39, 0.29) is 6.10 Å². The fourth-order valence-corrected chi connectivity index (χ4v) is 2.20. The molecule has 2 rings (SSSR count). The molecule has 3 heteroatoms. The van der Waals surface area contributed by atoms with Crippen molar-refractivity contribution >= 4 is 5.82 Å². The van der Waals surface area contributed by atoms with E-state index in [9.17, 15) is 5.11 Å². The molecule has 1 fully saturated rings. The Morgan fingerprint density at radius 1 is 1.44 bits per heavy atom. The van der Waals surface area contributed by atoms with Crippen molar-refractivity contribution < 1.29 is 5.11 Å². The Morgan fingerprint density at radius 3 is 2.88 bits per heavy atom. The van der Waals surface area contributed by atoms with Crippen molar-refractivity contribution in [2.75, 3.05) is 18.0 Å². The van der Waals surface area contributed by atoms with Crippen molar-refractivity contribution in [2.45, 2.75) is 38.7 Å². The monoisotopic (exact) mass is 220 g/mol. The molecule has 16 heavy (non-hydrogen) atoms. The minimum Gasteiger partial charge on any atom is -0.393 e. The normalized spacial score (nSPS) is 17.8. The SMILES string of the molecule is C[C@@H](O)CCc1cccnc1N1CCCC1. The van der Waals surface area contributed by atoms with Crippen LogP contribution in [0.3, 0.4) is 0 Å². The van der Waals surface area contributed by atoms with Crippen molar-refractivity contribution in [1.29, 1.82) is 0 Å². The Morgan fingerprint density at radius 2 is 2.19 bits per heavy atom. The van der Waals surface area contributed by atoms with Crippen LogP contribution in [0.2, 0.25) is 0 Å². The van der Waals surface area contributed by atoms with E-state index < -0.39 is 0 Å². The summed E-state index contributed by atoms with van der Waals surface area (Å²) in [5.41, 5.74) is 1.27. The largest absolute Gasteiger partial charge is 0.393 e. The average molecular weight is 220 g/mol. The number of aliphatic hydroxyl groups is 1. The van der Waals surface area contributed by atoms with Gasteiger partial charge in [0.15, 0.2) is 0 Å². The first kappa shape index (κ1) is 11.4. The smallest absolute Gasteiger partial charge is 0.131 e. The van der Waals surface area contributed by atoms with E-state index in [1.165, 1.54) is 18.4 Å². The summed E-state index contributed by atoms with van der Waals surface area (Å²) in [5.74, 6) is 1.13. The number of aliphatic hydroxyl groups excluding tert-OH is 1. The van der Waals surface area contributed by atoms with Gasteiger partial charge in [0.1, 0.15) is 5.82 Å². The van der Waals surface area contributed by atoms with Crippen LogP contribution in [-0.2, 0) is 6.42 Å². The van der Waals surface area contributed by atoms with E-state index in [1.807, 2.05) is 19.2 Å². The van der Waals surface area contributed by atoms with E-state index in [2.05, 4.69) is 16.0 Å². The summed E-state index contributed by atoms with van der Waals surface area (Å²) in [6.07, 6.45) is 5.90. The van der Waals surface area contributed by atoms with E-state index in [0.717, 1.165) is 31.7 Å². The van der Waals surface area contributed by atoms with Gasteiger partial charge in [-0.05, 0) is 44.2 Å². The molecule has 1 aliphatic rings. The van der Waals surface area contributed by atoms with Crippen molar-refractivity contribution in [3.05, 3.63) is 23.9 Å². The van der Waals surface area contributed by atoms with Crippen LogP contribution in [0.15, 0.2) is 18.3 Å². The topological polar surface area (TPSA) is 36.4 Å². The summed E-state index contributed by atoms with van der Waals surface area (Å²) in [5, 5.41) is 9.34. The fourth-order valence-electron chi connectivity index (χ4n) is 2.20. The Balaban J connectivity index is 2.10. The second-order valence-corrected chi connectivity index (χ2v) is 4.57. The Bertz CT molecular complexity index is 332. The molecular formula is C13H20N2O. The van der Waals surface area contributed by atoms with E-state index in [1.54, 1.807) is 0 Å².